The maximum absolute atomic E-state index is 12.8. The van der Waals surface area contributed by atoms with Crippen LogP contribution >= 0.6 is 0 Å². The fraction of sp³-hybridized carbons (Fsp3) is 0.469. The van der Waals surface area contributed by atoms with E-state index in [1.807, 2.05) is 0 Å². The Balaban J connectivity index is 0.00000729. The topological polar surface area (TPSA) is 332 Å². The molecule has 297 valence electrons. The molecular weight excluding hydrogens is 794 g/mol. The summed E-state index contributed by atoms with van der Waals surface area (Å²) >= 11 is 0. The summed E-state index contributed by atoms with van der Waals surface area (Å²) in [5, 5.41) is 46.2. The molecule has 0 saturated carbocycles. The average molecular weight is 841 g/mol. The number of aromatic amines is 1. The van der Waals surface area contributed by atoms with Gasteiger partial charge in [-0.2, -0.15) is 10.5 Å². The number of carbonyl (C=O) groups excluding carboxylic acids is 2. The first-order chi connectivity index (χ1) is 24.6. The molecule has 1 atom stereocenters. The third-order valence-corrected chi connectivity index (χ3v) is 8.05. The van der Waals surface area contributed by atoms with Crippen LogP contribution in [0.25, 0.3) is 11.2 Å². The molecule has 0 fully saturated rings. The van der Waals surface area contributed by atoms with Crippen molar-refractivity contribution in [2.24, 2.45) is 10.3 Å². The zero-order chi connectivity index (χ0) is 38.5. The number of aromatic nitrogens is 4. The van der Waals surface area contributed by atoms with E-state index in [0.717, 1.165) is 0 Å². The van der Waals surface area contributed by atoms with Gasteiger partial charge in [0.15, 0.2) is 11.2 Å². The van der Waals surface area contributed by atoms with Gasteiger partial charge < -0.3 is 48.0 Å². The van der Waals surface area contributed by atoms with Gasteiger partial charge in [0, 0.05) is 57.3 Å². The number of rotatable bonds is 20. The predicted molar refractivity (Wildman–Crippen MR) is 192 cm³/mol. The number of carbonyl (C=O) groups is 3. The number of nitrogens with two attached hydrogens (primary N) is 1. The number of amides is 2. The molecular formula is C32H46N12O9Tc-2. The number of carboxylic acids is 1. The fourth-order valence-electron chi connectivity index (χ4n) is 4.61. The molecule has 3 rings (SSSR count). The van der Waals surface area contributed by atoms with Crippen molar-refractivity contribution in [2.45, 2.75) is 77.5 Å². The van der Waals surface area contributed by atoms with E-state index in [1.165, 1.54) is 18.3 Å². The standard InChI is InChI=1S/C32H46N12O8.O.Tc/c1-18(42-50)31(2,3)44-52-15-14-37-32(4,5)23(43-51)12-13-34-24(45)11-10-22(29(48)49)39-27(46)19-6-8-20(9-7-19)35-16-21-17-36-26-25(38-21)28(47)41-30(33)40-26;;/h6-9,17,22,35,37,44,50-51H,10-16H2,1-5H3,(H,34,45)(H,39,46)(H,48,49)(H3,33,36,40,41,47);;/q;-2;/b42-18+,43-23-;;. The summed E-state index contributed by atoms with van der Waals surface area (Å²) in [5.41, 5.74) is 8.64. The molecule has 1 radical (unpaired) electrons. The second kappa shape index (κ2) is 21.5. The van der Waals surface area contributed by atoms with E-state index in [9.17, 15) is 29.5 Å². The van der Waals surface area contributed by atoms with E-state index in [-0.39, 0.29) is 87.2 Å². The summed E-state index contributed by atoms with van der Waals surface area (Å²) in [6.45, 7) is 9.78. The van der Waals surface area contributed by atoms with Crippen LogP contribution in [0.3, 0.4) is 0 Å². The molecule has 1 aromatic carbocycles. The predicted octanol–water partition coefficient (Wildman–Crippen LogP) is 0.604. The molecule has 2 heterocycles. The number of benzene rings is 1. The third kappa shape index (κ3) is 14.0. The van der Waals surface area contributed by atoms with Gasteiger partial charge in [-0.05, 0) is 65.3 Å². The molecule has 22 heteroatoms. The van der Waals surface area contributed by atoms with Crippen LogP contribution in [0.4, 0.5) is 11.6 Å². The van der Waals surface area contributed by atoms with Gasteiger partial charge in [0.2, 0.25) is 11.9 Å². The van der Waals surface area contributed by atoms with Gasteiger partial charge in [0.05, 0.1) is 47.5 Å². The minimum atomic E-state index is -1.32. The molecule has 3 aromatic rings. The summed E-state index contributed by atoms with van der Waals surface area (Å²) in [4.78, 5) is 69.4. The van der Waals surface area contributed by atoms with E-state index in [0.29, 0.717) is 29.3 Å². The number of nitrogens with zero attached hydrogens (tertiary/aromatic N) is 5. The number of hydroxylamine groups is 1. The summed E-state index contributed by atoms with van der Waals surface area (Å²) in [7, 11) is 0. The Kier molecular flexibility index (Phi) is 18.7. The minimum Gasteiger partial charge on any atom is -2.00 e. The molecule has 0 spiro atoms. The SMILES string of the molecule is C/C(=N\O)C(C)(C)NOCCNC(C)(C)/C(CCNC(=O)CCC(NC(=O)c1ccc(NCc2cnc3nc(N)[nH]c(=O)c3n2)cc1)C(=O)O)=N\O.[O-2].[Tc]. The van der Waals surface area contributed by atoms with Crippen molar-refractivity contribution in [3.05, 3.63) is 52.1 Å². The molecule has 21 nitrogen and oxygen atoms in total. The number of oxime groups is 2. The number of carboxylic acid groups (broad SMARTS) is 1. The summed E-state index contributed by atoms with van der Waals surface area (Å²) in [6.07, 6.45) is 1.31. The minimum absolute atomic E-state index is 0. The van der Waals surface area contributed by atoms with Crippen molar-refractivity contribution in [1.29, 1.82) is 0 Å². The van der Waals surface area contributed by atoms with Crippen molar-refractivity contribution in [3.63, 3.8) is 0 Å². The third-order valence-electron chi connectivity index (χ3n) is 8.05. The normalized spacial score (nSPS) is 12.6. The molecule has 54 heavy (non-hydrogen) atoms. The summed E-state index contributed by atoms with van der Waals surface area (Å²) in [6, 6.07) is 4.92. The van der Waals surface area contributed by atoms with Crippen LogP contribution in [0.5, 0.6) is 0 Å². The van der Waals surface area contributed by atoms with Gasteiger partial charge in [0.1, 0.15) is 6.04 Å². The Morgan fingerprint density at radius 3 is 2.33 bits per heavy atom. The first-order valence-electron chi connectivity index (χ1n) is 16.3. The zero-order valence-corrected chi connectivity index (χ0v) is 32.3. The fourth-order valence-corrected chi connectivity index (χ4v) is 4.61. The maximum Gasteiger partial charge on any atom is 0.326 e. The van der Waals surface area contributed by atoms with Crippen LogP contribution in [0.1, 0.15) is 69.9 Å². The van der Waals surface area contributed by atoms with Crippen molar-refractivity contribution < 1.29 is 60.3 Å². The molecule has 0 saturated heterocycles. The van der Waals surface area contributed by atoms with Gasteiger partial charge in [-0.25, -0.2) is 14.8 Å². The quantitative estimate of drug-likeness (QED) is 0.0322. The first kappa shape index (κ1) is 46.9. The maximum atomic E-state index is 12.8. The van der Waals surface area contributed by atoms with E-state index in [2.05, 4.69) is 57.0 Å². The number of H-pyrrole nitrogens is 1. The van der Waals surface area contributed by atoms with Crippen LogP contribution < -0.4 is 38.0 Å². The van der Waals surface area contributed by atoms with Crippen LogP contribution in [0.15, 0.2) is 45.6 Å². The van der Waals surface area contributed by atoms with E-state index < -0.39 is 40.5 Å². The number of aliphatic carboxylic acids is 1. The number of nitrogens with one attached hydrogen (secondary N) is 6. The van der Waals surface area contributed by atoms with Crippen LogP contribution in [-0.4, -0.2) is 101 Å². The molecule has 2 aromatic heterocycles. The van der Waals surface area contributed by atoms with Crippen molar-refractivity contribution in [3.8, 4) is 0 Å². The smallest absolute Gasteiger partial charge is 0.326 e. The molecule has 11 N–H and O–H groups in total. The largest absolute Gasteiger partial charge is 2.00 e. The Bertz CT molecular complexity index is 1840. The van der Waals surface area contributed by atoms with E-state index in [1.54, 1.807) is 46.8 Å². The number of hydrogen-bond acceptors (Lipinski definition) is 16. The molecule has 0 aliphatic rings. The molecule has 0 aliphatic carbocycles. The van der Waals surface area contributed by atoms with Gasteiger partial charge in [-0.3, -0.25) is 24.2 Å². The summed E-state index contributed by atoms with van der Waals surface area (Å²) in [5.74, 6) is -2.44. The second-order valence-corrected chi connectivity index (χ2v) is 12.8. The average Bonchev–Trinajstić information content (AvgIpc) is 3.10. The van der Waals surface area contributed by atoms with Crippen molar-refractivity contribution in [1.82, 2.24) is 41.4 Å². The second-order valence-electron chi connectivity index (χ2n) is 12.8. The number of hydrogen-bond donors (Lipinski definition) is 10. The molecule has 0 bridgehead atoms. The van der Waals surface area contributed by atoms with E-state index in [4.69, 9.17) is 15.8 Å². The number of nitrogen functional groups attached to an aromatic ring is 1. The van der Waals surface area contributed by atoms with Crippen LogP contribution in [0, 0.1) is 0 Å². The number of anilines is 2. The Labute approximate surface area is 323 Å². The van der Waals surface area contributed by atoms with Gasteiger partial charge in [0.25, 0.3) is 11.5 Å². The molecule has 0 aliphatic heterocycles. The first-order valence-corrected chi connectivity index (χ1v) is 16.3. The zero-order valence-electron chi connectivity index (χ0n) is 30.4. The summed E-state index contributed by atoms with van der Waals surface area (Å²) < 4.78 is 0. The van der Waals surface area contributed by atoms with Crippen molar-refractivity contribution in [2.75, 3.05) is 30.7 Å². The molecule has 1 unspecified atom stereocenters. The monoisotopic (exact) mass is 839 g/mol. The van der Waals surface area contributed by atoms with Gasteiger partial charge in [-0.1, -0.05) is 10.3 Å². The molecule has 2 amide bonds. The Hall–Kier alpha value is -5.12. The van der Waals surface area contributed by atoms with Gasteiger partial charge in [-0.15, -0.1) is 0 Å². The van der Waals surface area contributed by atoms with E-state index >= 15 is 0 Å². The van der Waals surface area contributed by atoms with Crippen LogP contribution in [-0.2, 0) is 46.6 Å². The Morgan fingerprint density at radius 2 is 1.70 bits per heavy atom. The van der Waals surface area contributed by atoms with Gasteiger partial charge >= 0.3 is 5.97 Å². The van der Waals surface area contributed by atoms with Crippen LogP contribution in [0.2, 0.25) is 0 Å². The Morgan fingerprint density at radius 1 is 1.02 bits per heavy atom. The number of fused-ring (bicyclic) bond motifs is 1. The van der Waals surface area contributed by atoms with Crippen molar-refractivity contribution >= 4 is 52.0 Å².